The largest absolute Gasteiger partial charge is 0.490 e. The van der Waals surface area contributed by atoms with Gasteiger partial charge in [0.25, 0.3) is 0 Å². The van der Waals surface area contributed by atoms with E-state index in [0.717, 1.165) is 44.0 Å². The predicted octanol–water partition coefficient (Wildman–Crippen LogP) is 4.93. The van der Waals surface area contributed by atoms with Crippen LogP contribution in [0.2, 0.25) is 0 Å². The first-order valence-electron chi connectivity index (χ1n) is 9.41. The lowest BCUT2D eigenvalue weighted by molar-refractivity contribution is 0.322. The molecule has 2 aromatic carbocycles. The lowest BCUT2D eigenvalue weighted by atomic mass is 9.75. The van der Waals surface area contributed by atoms with Gasteiger partial charge >= 0.3 is 0 Å². The predicted molar refractivity (Wildman–Crippen MR) is 105 cm³/mol. The van der Waals surface area contributed by atoms with Gasteiger partial charge in [0, 0.05) is 18.8 Å². The van der Waals surface area contributed by atoms with E-state index in [-0.39, 0.29) is 5.41 Å². The number of nitrogens with one attached hydrogen (secondary N) is 2. The zero-order valence-corrected chi connectivity index (χ0v) is 15.5. The Morgan fingerprint density at radius 1 is 1.04 bits per heavy atom. The minimum atomic E-state index is 0.145. The molecule has 2 aromatic rings. The molecule has 3 heteroatoms. The van der Waals surface area contributed by atoms with Crippen LogP contribution in [0.1, 0.15) is 49.8 Å². The van der Waals surface area contributed by atoms with Crippen LogP contribution in [-0.2, 0) is 11.8 Å². The van der Waals surface area contributed by atoms with Crippen molar-refractivity contribution in [2.24, 2.45) is 0 Å². The van der Waals surface area contributed by atoms with Crippen LogP contribution < -0.4 is 15.4 Å². The van der Waals surface area contributed by atoms with Crippen LogP contribution in [-0.4, -0.2) is 19.7 Å². The Morgan fingerprint density at radius 3 is 2.72 bits per heavy atom. The molecular formula is C22H28N2O. The molecule has 0 saturated heterocycles. The topological polar surface area (TPSA) is 33.3 Å². The van der Waals surface area contributed by atoms with E-state index < -0.39 is 0 Å². The summed E-state index contributed by atoms with van der Waals surface area (Å²) in [5, 5.41) is 6.85. The maximum absolute atomic E-state index is 5.81. The zero-order chi connectivity index (χ0) is 17.4. The summed E-state index contributed by atoms with van der Waals surface area (Å²) in [5.74, 6) is 1.48. The summed E-state index contributed by atoms with van der Waals surface area (Å²) in [6, 6.07) is 13.6. The minimum absolute atomic E-state index is 0.145. The Labute approximate surface area is 150 Å². The zero-order valence-electron chi connectivity index (χ0n) is 15.5. The first-order valence-corrected chi connectivity index (χ1v) is 9.41. The number of fused-ring (bicyclic) bond motifs is 2. The molecule has 2 aliphatic heterocycles. The third-order valence-electron chi connectivity index (χ3n) is 5.66. The maximum Gasteiger partial charge on any atom is 0.142 e. The summed E-state index contributed by atoms with van der Waals surface area (Å²) in [7, 11) is 0. The van der Waals surface area contributed by atoms with Crippen LogP contribution in [0.25, 0.3) is 0 Å². The van der Waals surface area contributed by atoms with Crippen molar-refractivity contribution in [1.29, 1.82) is 0 Å². The van der Waals surface area contributed by atoms with Gasteiger partial charge in [-0.2, -0.15) is 0 Å². The first kappa shape index (κ1) is 16.3. The summed E-state index contributed by atoms with van der Waals surface area (Å²) in [5.41, 5.74) is 6.84. The number of hydrogen-bond donors (Lipinski definition) is 2. The SMILES string of the molecule is CC(CC(C)(C)c1ccc2c(c1)CCN2)c1ccc2c(c1)OCCN2. The van der Waals surface area contributed by atoms with Gasteiger partial charge in [-0.1, -0.05) is 39.0 Å². The van der Waals surface area contributed by atoms with Crippen molar-refractivity contribution in [1.82, 2.24) is 0 Å². The Hall–Kier alpha value is -2.16. The van der Waals surface area contributed by atoms with Crippen molar-refractivity contribution in [2.45, 2.75) is 44.9 Å². The minimum Gasteiger partial charge on any atom is -0.490 e. The van der Waals surface area contributed by atoms with Crippen LogP contribution in [0.5, 0.6) is 5.75 Å². The molecule has 0 saturated carbocycles. The average molecular weight is 336 g/mol. The van der Waals surface area contributed by atoms with Crippen molar-refractivity contribution in [3.05, 3.63) is 53.1 Å². The molecule has 0 radical (unpaired) electrons. The molecule has 0 spiro atoms. The van der Waals surface area contributed by atoms with Gasteiger partial charge in [0.2, 0.25) is 0 Å². The Morgan fingerprint density at radius 2 is 1.84 bits per heavy atom. The highest BCUT2D eigenvalue weighted by Gasteiger charge is 2.26. The van der Waals surface area contributed by atoms with E-state index in [1.807, 2.05) is 0 Å². The molecule has 132 valence electrons. The monoisotopic (exact) mass is 336 g/mol. The second-order valence-corrected chi connectivity index (χ2v) is 8.07. The fourth-order valence-corrected chi connectivity index (χ4v) is 4.18. The molecule has 2 heterocycles. The molecule has 0 aliphatic carbocycles. The van der Waals surface area contributed by atoms with Gasteiger partial charge in [0.1, 0.15) is 12.4 Å². The average Bonchev–Trinajstić information content (AvgIpc) is 3.08. The number of hydrogen-bond acceptors (Lipinski definition) is 3. The number of rotatable bonds is 4. The number of benzene rings is 2. The highest BCUT2D eigenvalue weighted by molar-refractivity contribution is 5.59. The van der Waals surface area contributed by atoms with Gasteiger partial charge in [-0.25, -0.2) is 0 Å². The lowest BCUT2D eigenvalue weighted by Crippen LogP contribution is -2.21. The van der Waals surface area contributed by atoms with E-state index >= 15 is 0 Å². The number of ether oxygens (including phenoxy) is 1. The first-order chi connectivity index (χ1) is 12.0. The summed E-state index contributed by atoms with van der Waals surface area (Å²) in [6.45, 7) is 9.77. The Bertz CT molecular complexity index is 782. The van der Waals surface area contributed by atoms with E-state index in [0.29, 0.717) is 5.92 Å². The third-order valence-corrected chi connectivity index (χ3v) is 5.66. The summed E-state index contributed by atoms with van der Waals surface area (Å²) >= 11 is 0. The van der Waals surface area contributed by atoms with E-state index in [2.05, 4.69) is 67.8 Å². The smallest absolute Gasteiger partial charge is 0.142 e. The van der Waals surface area contributed by atoms with Crippen LogP contribution in [0.4, 0.5) is 11.4 Å². The van der Waals surface area contributed by atoms with E-state index in [1.54, 1.807) is 0 Å². The van der Waals surface area contributed by atoms with Crippen molar-refractivity contribution in [3.8, 4) is 5.75 Å². The van der Waals surface area contributed by atoms with E-state index in [9.17, 15) is 0 Å². The highest BCUT2D eigenvalue weighted by atomic mass is 16.5. The molecule has 0 amide bonds. The van der Waals surface area contributed by atoms with Crippen LogP contribution >= 0.6 is 0 Å². The van der Waals surface area contributed by atoms with Gasteiger partial charge < -0.3 is 15.4 Å². The highest BCUT2D eigenvalue weighted by Crippen LogP contribution is 2.39. The van der Waals surface area contributed by atoms with Crippen LogP contribution in [0, 0.1) is 0 Å². The molecule has 25 heavy (non-hydrogen) atoms. The molecule has 3 nitrogen and oxygen atoms in total. The van der Waals surface area contributed by atoms with Crippen molar-refractivity contribution in [3.63, 3.8) is 0 Å². The Kier molecular flexibility index (Phi) is 4.10. The lowest BCUT2D eigenvalue weighted by Gasteiger charge is -2.30. The maximum atomic E-state index is 5.81. The standard InChI is InChI=1S/C22H28N2O/c1-15(16-4-6-20-21(13-16)25-11-10-24-20)14-22(2,3)18-5-7-19-17(12-18)8-9-23-19/h4-7,12-13,15,23-24H,8-11,14H2,1-3H3. The second kappa shape index (κ2) is 6.29. The quantitative estimate of drug-likeness (QED) is 0.830. The molecule has 2 N–H and O–H groups in total. The second-order valence-electron chi connectivity index (χ2n) is 8.07. The van der Waals surface area contributed by atoms with Crippen molar-refractivity contribution >= 4 is 11.4 Å². The van der Waals surface area contributed by atoms with Crippen molar-refractivity contribution < 1.29 is 4.74 Å². The molecule has 1 atom stereocenters. The van der Waals surface area contributed by atoms with Crippen molar-refractivity contribution in [2.75, 3.05) is 30.3 Å². The molecule has 2 aliphatic rings. The molecular weight excluding hydrogens is 308 g/mol. The fourth-order valence-electron chi connectivity index (χ4n) is 4.18. The summed E-state index contributed by atoms with van der Waals surface area (Å²) in [4.78, 5) is 0. The number of anilines is 2. The molecule has 0 aromatic heterocycles. The van der Waals surface area contributed by atoms with Gasteiger partial charge in [0.15, 0.2) is 0 Å². The van der Waals surface area contributed by atoms with Crippen LogP contribution in [0.3, 0.4) is 0 Å². The molecule has 4 rings (SSSR count). The summed E-state index contributed by atoms with van der Waals surface area (Å²) in [6.07, 6.45) is 2.26. The molecule has 1 unspecified atom stereocenters. The van der Waals surface area contributed by atoms with Gasteiger partial charge in [-0.3, -0.25) is 0 Å². The summed E-state index contributed by atoms with van der Waals surface area (Å²) < 4.78 is 5.81. The molecule has 0 fully saturated rings. The van der Waals surface area contributed by atoms with Crippen LogP contribution in [0.15, 0.2) is 36.4 Å². The van der Waals surface area contributed by atoms with E-state index in [4.69, 9.17) is 4.74 Å². The molecule has 0 bridgehead atoms. The Balaban J connectivity index is 1.54. The fraction of sp³-hybridized carbons (Fsp3) is 0.455. The van der Waals surface area contributed by atoms with Gasteiger partial charge in [0.05, 0.1) is 5.69 Å². The van der Waals surface area contributed by atoms with Gasteiger partial charge in [-0.05, 0) is 59.1 Å². The normalized spacial score (nSPS) is 16.9. The van der Waals surface area contributed by atoms with E-state index in [1.165, 1.54) is 22.4 Å². The third kappa shape index (κ3) is 3.20. The van der Waals surface area contributed by atoms with Gasteiger partial charge in [-0.15, -0.1) is 0 Å².